The van der Waals surface area contributed by atoms with E-state index in [1.807, 2.05) is 25.3 Å². The van der Waals surface area contributed by atoms with Gasteiger partial charge in [0, 0.05) is 48.4 Å². The summed E-state index contributed by atoms with van der Waals surface area (Å²) in [5.74, 6) is 0.290. The van der Waals surface area contributed by atoms with Crippen LogP contribution in [-0.4, -0.2) is 31.2 Å². The largest absolute Gasteiger partial charge is 0.306 e. The van der Waals surface area contributed by atoms with Gasteiger partial charge in [0.2, 0.25) is 0 Å². The standard InChI is InChI=1S/C24H21ClFN5O/c1-15-17(13-31(29-15)20-8-6-19(26)7-9-20)12-30-11-10-22-21(14-30)24(32)28-23(27-22)16-2-4-18(25)5-3-16/h2-9,13H,10-12,14H2,1H3,(H,27,28,32). The Morgan fingerprint density at radius 1 is 1.12 bits per heavy atom. The molecular formula is C24H21ClFN5O. The summed E-state index contributed by atoms with van der Waals surface area (Å²) in [5, 5.41) is 5.21. The van der Waals surface area contributed by atoms with E-state index in [1.54, 1.807) is 28.9 Å². The van der Waals surface area contributed by atoms with E-state index in [9.17, 15) is 9.18 Å². The van der Waals surface area contributed by atoms with Crippen molar-refractivity contribution in [2.24, 2.45) is 0 Å². The predicted molar refractivity (Wildman–Crippen MR) is 121 cm³/mol. The van der Waals surface area contributed by atoms with Crippen LogP contribution in [0.15, 0.2) is 59.5 Å². The number of fused-ring (bicyclic) bond motifs is 1. The maximum atomic E-state index is 13.2. The van der Waals surface area contributed by atoms with Crippen molar-refractivity contribution >= 4 is 11.6 Å². The number of aryl methyl sites for hydroxylation is 1. The van der Waals surface area contributed by atoms with Gasteiger partial charge in [0.15, 0.2) is 0 Å². The maximum absolute atomic E-state index is 13.2. The molecule has 3 heterocycles. The molecule has 0 saturated heterocycles. The van der Waals surface area contributed by atoms with E-state index in [0.717, 1.165) is 34.7 Å². The minimum Gasteiger partial charge on any atom is -0.306 e. The average Bonchev–Trinajstić information content (AvgIpc) is 3.15. The summed E-state index contributed by atoms with van der Waals surface area (Å²) in [4.78, 5) is 22.7. The highest BCUT2D eigenvalue weighted by Crippen LogP contribution is 2.22. The van der Waals surface area contributed by atoms with Crippen molar-refractivity contribution in [3.63, 3.8) is 0 Å². The Hall–Kier alpha value is -3.29. The Morgan fingerprint density at radius 3 is 2.62 bits per heavy atom. The van der Waals surface area contributed by atoms with E-state index in [4.69, 9.17) is 16.6 Å². The third-order valence-corrected chi connectivity index (χ3v) is 6.00. The van der Waals surface area contributed by atoms with Gasteiger partial charge in [0.05, 0.1) is 22.6 Å². The fourth-order valence-electron chi connectivity index (χ4n) is 3.98. The number of nitrogens with one attached hydrogen (secondary N) is 1. The molecule has 5 rings (SSSR count). The lowest BCUT2D eigenvalue weighted by Crippen LogP contribution is -2.35. The van der Waals surface area contributed by atoms with E-state index in [2.05, 4.69) is 15.0 Å². The summed E-state index contributed by atoms with van der Waals surface area (Å²) >= 11 is 5.96. The van der Waals surface area contributed by atoms with Crippen molar-refractivity contribution < 1.29 is 4.39 Å². The predicted octanol–water partition coefficient (Wildman–Crippen LogP) is 4.28. The molecule has 0 saturated carbocycles. The monoisotopic (exact) mass is 449 g/mol. The molecule has 1 aliphatic rings. The summed E-state index contributed by atoms with van der Waals surface area (Å²) < 4.78 is 15.0. The number of hydrogen-bond acceptors (Lipinski definition) is 4. The Bertz CT molecular complexity index is 1330. The lowest BCUT2D eigenvalue weighted by molar-refractivity contribution is 0.241. The second kappa shape index (κ2) is 8.33. The Labute approximate surface area is 189 Å². The number of aromatic nitrogens is 4. The fourth-order valence-corrected chi connectivity index (χ4v) is 4.10. The van der Waals surface area contributed by atoms with E-state index >= 15 is 0 Å². The first-order chi connectivity index (χ1) is 15.5. The lowest BCUT2D eigenvalue weighted by Gasteiger charge is -2.27. The van der Waals surface area contributed by atoms with Crippen molar-refractivity contribution in [2.75, 3.05) is 6.54 Å². The first kappa shape index (κ1) is 20.6. The maximum Gasteiger partial charge on any atom is 0.255 e. The fraction of sp³-hybridized carbons (Fsp3) is 0.208. The smallest absolute Gasteiger partial charge is 0.255 e. The van der Waals surface area contributed by atoms with Crippen molar-refractivity contribution in [1.29, 1.82) is 0 Å². The second-order valence-electron chi connectivity index (χ2n) is 7.97. The summed E-state index contributed by atoms with van der Waals surface area (Å²) in [6.45, 7) is 3.95. The first-order valence-electron chi connectivity index (χ1n) is 10.4. The van der Waals surface area contributed by atoms with E-state index in [-0.39, 0.29) is 11.4 Å². The molecule has 0 fully saturated rings. The molecule has 0 atom stereocenters. The average molecular weight is 450 g/mol. The van der Waals surface area contributed by atoms with Gasteiger partial charge in [-0.25, -0.2) is 14.1 Å². The molecule has 1 N–H and O–H groups in total. The van der Waals surface area contributed by atoms with Gasteiger partial charge in [-0.1, -0.05) is 11.6 Å². The van der Waals surface area contributed by atoms with Gasteiger partial charge in [-0.05, 0) is 55.5 Å². The quantitative estimate of drug-likeness (QED) is 0.505. The highest BCUT2D eigenvalue weighted by molar-refractivity contribution is 6.30. The highest BCUT2D eigenvalue weighted by atomic mass is 35.5. The minimum absolute atomic E-state index is 0.108. The van der Waals surface area contributed by atoms with Gasteiger partial charge in [-0.15, -0.1) is 0 Å². The molecule has 2 aromatic heterocycles. The van der Waals surface area contributed by atoms with Crippen LogP contribution in [0.1, 0.15) is 22.5 Å². The molecule has 4 aromatic rings. The van der Waals surface area contributed by atoms with Crippen LogP contribution in [-0.2, 0) is 19.5 Å². The van der Waals surface area contributed by atoms with Crippen molar-refractivity contribution in [2.45, 2.75) is 26.4 Å². The molecular weight excluding hydrogens is 429 g/mol. The summed E-state index contributed by atoms with van der Waals surface area (Å²) in [6.07, 6.45) is 2.66. The molecule has 1 aliphatic heterocycles. The van der Waals surface area contributed by atoms with Crippen LogP contribution in [0.3, 0.4) is 0 Å². The van der Waals surface area contributed by atoms with Gasteiger partial charge in [0.25, 0.3) is 5.56 Å². The summed E-state index contributed by atoms with van der Waals surface area (Å²) in [7, 11) is 0. The van der Waals surface area contributed by atoms with Crippen molar-refractivity contribution in [1.82, 2.24) is 24.6 Å². The van der Waals surface area contributed by atoms with E-state index in [1.165, 1.54) is 12.1 Å². The van der Waals surface area contributed by atoms with Crippen LogP contribution >= 0.6 is 11.6 Å². The summed E-state index contributed by atoms with van der Waals surface area (Å²) in [6, 6.07) is 13.5. The minimum atomic E-state index is -0.275. The van der Waals surface area contributed by atoms with Crippen molar-refractivity contribution in [3.05, 3.63) is 98.4 Å². The number of nitrogens with zero attached hydrogens (tertiary/aromatic N) is 4. The molecule has 0 unspecified atom stereocenters. The number of halogens is 2. The van der Waals surface area contributed by atoms with Crippen LogP contribution in [0.4, 0.5) is 4.39 Å². The zero-order valence-electron chi connectivity index (χ0n) is 17.5. The highest BCUT2D eigenvalue weighted by Gasteiger charge is 2.22. The van der Waals surface area contributed by atoms with Crippen molar-refractivity contribution in [3.8, 4) is 17.1 Å². The molecule has 0 amide bonds. The molecule has 32 heavy (non-hydrogen) atoms. The number of hydrogen-bond donors (Lipinski definition) is 1. The summed E-state index contributed by atoms with van der Waals surface area (Å²) in [5.41, 5.74) is 5.06. The van der Waals surface area contributed by atoms with Crippen LogP contribution in [0.5, 0.6) is 0 Å². The zero-order valence-corrected chi connectivity index (χ0v) is 18.2. The topological polar surface area (TPSA) is 66.8 Å². The van der Waals surface area contributed by atoms with E-state index in [0.29, 0.717) is 35.9 Å². The SMILES string of the molecule is Cc1nn(-c2ccc(F)cc2)cc1CN1CCc2nc(-c3ccc(Cl)cc3)[nH]c(=O)c2C1. The number of benzene rings is 2. The Balaban J connectivity index is 1.35. The van der Waals surface area contributed by atoms with E-state index < -0.39 is 0 Å². The molecule has 162 valence electrons. The van der Waals surface area contributed by atoms with Gasteiger partial charge in [-0.2, -0.15) is 5.10 Å². The Morgan fingerprint density at radius 2 is 1.88 bits per heavy atom. The molecule has 8 heteroatoms. The number of rotatable bonds is 4. The number of aromatic amines is 1. The van der Waals surface area contributed by atoms with Gasteiger partial charge >= 0.3 is 0 Å². The number of H-pyrrole nitrogens is 1. The van der Waals surface area contributed by atoms with Gasteiger partial charge in [0.1, 0.15) is 11.6 Å². The molecule has 0 bridgehead atoms. The van der Waals surface area contributed by atoms with Crippen LogP contribution in [0, 0.1) is 12.7 Å². The van der Waals surface area contributed by atoms with Gasteiger partial charge in [-0.3, -0.25) is 9.69 Å². The van der Waals surface area contributed by atoms with Crippen LogP contribution in [0.2, 0.25) is 5.02 Å². The first-order valence-corrected chi connectivity index (χ1v) is 10.8. The normalized spacial score (nSPS) is 13.8. The second-order valence-corrected chi connectivity index (χ2v) is 8.40. The molecule has 6 nitrogen and oxygen atoms in total. The Kier molecular flexibility index (Phi) is 5.36. The van der Waals surface area contributed by atoms with Gasteiger partial charge < -0.3 is 4.98 Å². The molecule has 0 radical (unpaired) electrons. The molecule has 0 spiro atoms. The molecule has 2 aromatic carbocycles. The van der Waals surface area contributed by atoms with Crippen LogP contribution < -0.4 is 5.56 Å². The zero-order chi connectivity index (χ0) is 22.2. The lowest BCUT2D eigenvalue weighted by atomic mass is 10.1. The molecule has 0 aliphatic carbocycles. The third kappa shape index (κ3) is 4.09. The third-order valence-electron chi connectivity index (χ3n) is 5.75. The van der Waals surface area contributed by atoms with Crippen LogP contribution in [0.25, 0.3) is 17.1 Å².